The maximum atomic E-state index is 12.6. The van der Waals surface area contributed by atoms with Gasteiger partial charge in [0.1, 0.15) is 5.75 Å². The quantitative estimate of drug-likeness (QED) is 0.695. The van der Waals surface area contributed by atoms with Crippen molar-refractivity contribution in [2.45, 2.75) is 6.54 Å². The molecule has 0 spiro atoms. The highest BCUT2D eigenvalue weighted by atomic mass is 16.5. The molecule has 2 heterocycles. The molecule has 140 valence electrons. The topological polar surface area (TPSA) is 50.6 Å². The molecular weight excluding hydrogens is 340 g/mol. The molecule has 3 aromatic rings. The van der Waals surface area contributed by atoms with Crippen molar-refractivity contribution in [3.8, 4) is 5.75 Å². The Morgan fingerprint density at radius 3 is 2.52 bits per heavy atom. The minimum Gasteiger partial charge on any atom is -0.495 e. The van der Waals surface area contributed by atoms with Gasteiger partial charge in [0.05, 0.1) is 30.0 Å². The van der Waals surface area contributed by atoms with Crippen LogP contribution in [0.1, 0.15) is 0 Å². The van der Waals surface area contributed by atoms with Gasteiger partial charge in [-0.3, -0.25) is 14.3 Å². The van der Waals surface area contributed by atoms with Crippen LogP contribution in [0.25, 0.3) is 10.9 Å². The van der Waals surface area contributed by atoms with Crippen molar-refractivity contribution in [2.24, 2.45) is 0 Å². The molecular formula is C21H24N4O2. The number of anilines is 1. The van der Waals surface area contributed by atoms with Gasteiger partial charge < -0.3 is 9.64 Å². The first-order valence-corrected chi connectivity index (χ1v) is 9.31. The number of nitrogens with zero attached hydrogens (tertiary/aromatic N) is 4. The van der Waals surface area contributed by atoms with Gasteiger partial charge in [0.15, 0.2) is 0 Å². The van der Waals surface area contributed by atoms with E-state index in [0.29, 0.717) is 11.9 Å². The third kappa shape index (κ3) is 3.66. The van der Waals surface area contributed by atoms with Gasteiger partial charge in [-0.25, -0.2) is 4.98 Å². The Morgan fingerprint density at radius 1 is 0.963 bits per heavy atom. The largest absolute Gasteiger partial charge is 0.495 e. The summed E-state index contributed by atoms with van der Waals surface area (Å²) in [5.41, 5.74) is 1.94. The first-order chi connectivity index (χ1) is 13.3. The lowest BCUT2D eigenvalue weighted by Crippen LogP contribution is -2.47. The summed E-state index contributed by atoms with van der Waals surface area (Å²) in [5, 5.41) is 0.681. The van der Waals surface area contributed by atoms with E-state index >= 15 is 0 Å². The second-order valence-electron chi connectivity index (χ2n) is 6.76. The smallest absolute Gasteiger partial charge is 0.261 e. The van der Waals surface area contributed by atoms with Gasteiger partial charge in [-0.1, -0.05) is 24.3 Å². The van der Waals surface area contributed by atoms with Gasteiger partial charge in [-0.05, 0) is 24.3 Å². The van der Waals surface area contributed by atoms with E-state index in [1.807, 2.05) is 42.5 Å². The summed E-state index contributed by atoms with van der Waals surface area (Å²) in [6, 6.07) is 15.6. The number of ether oxygens (including phenoxy) is 1. The Kier molecular flexibility index (Phi) is 5.07. The summed E-state index contributed by atoms with van der Waals surface area (Å²) in [7, 11) is 1.71. The van der Waals surface area contributed by atoms with Crippen LogP contribution in [0, 0.1) is 0 Å². The third-order valence-corrected chi connectivity index (χ3v) is 5.19. The zero-order chi connectivity index (χ0) is 18.6. The van der Waals surface area contributed by atoms with Crippen LogP contribution in [0.5, 0.6) is 5.75 Å². The van der Waals surface area contributed by atoms with Gasteiger partial charge in [-0.15, -0.1) is 0 Å². The Hall–Kier alpha value is -2.86. The van der Waals surface area contributed by atoms with E-state index in [0.717, 1.165) is 49.7 Å². The lowest BCUT2D eigenvalue weighted by Gasteiger charge is -2.36. The fourth-order valence-corrected chi connectivity index (χ4v) is 3.62. The molecule has 0 saturated carbocycles. The molecule has 1 fully saturated rings. The Balaban J connectivity index is 1.37. The minimum absolute atomic E-state index is 0.0354. The van der Waals surface area contributed by atoms with Crippen LogP contribution in [0.4, 0.5) is 5.69 Å². The SMILES string of the molecule is COc1ccccc1N1CCN(CCn2cnc3ccccc3c2=O)CC1. The van der Waals surface area contributed by atoms with Crippen LogP contribution in [0.3, 0.4) is 0 Å². The molecule has 1 aliphatic rings. The highest BCUT2D eigenvalue weighted by Gasteiger charge is 2.19. The summed E-state index contributed by atoms with van der Waals surface area (Å²) in [6.07, 6.45) is 1.66. The standard InChI is InChI=1S/C21H24N4O2/c1-27-20-9-5-4-8-19(20)24-13-10-23(11-14-24)12-15-25-16-22-18-7-3-2-6-17(18)21(25)26/h2-9,16H,10-15H2,1H3. The predicted molar refractivity (Wildman–Crippen MR) is 108 cm³/mol. The monoisotopic (exact) mass is 364 g/mol. The average Bonchev–Trinajstić information content (AvgIpc) is 2.74. The molecule has 0 N–H and O–H groups in total. The molecule has 27 heavy (non-hydrogen) atoms. The molecule has 0 radical (unpaired) electrons. The van der Waals surface area contributed by atoms with Gasteiger partial charge in [-0.2, -0.15) is 0 Å². The molecule has 4 rings (SSSR count). The lowest BCUT2D eigenvalue weighted by molar-refractivity contribution is 0.246. The molecule has 1 aromatic heterocycles. The summed E-state index contributed by atoms with van der Waals surface area (Å²) in [4.78, 5) is 21.7. The molecule has 1 saturated heterocycles. The zero-order valence-corrected chi connectivity index (χ0v) is 15.5. The Morgan fingerprint density at radius 2 is 1.70 bits per heavy atom. The molecule has 0 unspecified atom stereocenters. The fourth-order valence-electron chi connectivity index (χ4n) is 3.62. The van der Waals surface area contributed by atoms with Crippen molar-refractivity contribution < 1.29 is 4.74 Å². The maximum absolute atomic E-state index is 12.6. The first kappa shape index (κ1) is 17.5. The number of methoxy groups -OCH3 is 1. The molecule has 6 nitrogen and oxygen atoms in total. The molecule has 2 aromatic carbocycles. The van der Waals surface area contributed by atoms with Crippen LogP contribution < -0.4 is 15.2 Å². The van der Waals surface area contributed by atoms with E-state index in [-0.39, 0.29) is 5.56 Å². The van der Waals surface area contributed by atoms with Crippen LogP contribution in [0.2, 0.25) is 0 Å². The van der Waals surface area contributed by atoms with Gasteiger partial charge in [0.2, 0.25) is 0 Å². The molecule has 0 bridgehead atoms. The van der Waals surface area contributed by atoms with E-state index in [1.54, 1.807) is 18.0 Å². The fraction of sp³-hybridized carbons (Fsp3) is 0.333. The summed E-state index contributed by atoms with van der Waals surface area (Å²) in [6.45, 7) is 5.34. The highest BCUT2D eigenvalue weighted by Crippen LogP contribution is 2.28. The predicted octanol–water partition coefficient (Wildman–Crippen LogP) is 2.23. The van der Waals surface area contributed by atoms with Crippen molar-refractivity contribution >= 4 is 16.6 Å². The normalized spacial score (nSPS) is 15.2. The van der Waals surface area contributed by atoms with Crippen LogP contribution >= 0.6 is 0 Å². The summed E-state index contributed by atoms with van der Waals surface area (Å²) in [5.74, 6) is 0.916. The molecule has 1 aliphatic heterocycles. The van der Waals surface area contributed by atoms with Gasteiger partial charge >= 0.3 is 0 Å². The van der Waals surface area contributed by atoms with E-state index in [1.165, 1.54) is 0 Å². The molecule has 0 aliphatic carbocycles. The van der Waals surface area contributed by atoms with Crippen molar-refractivity contribution in [1.29, 1.82) is 0 Å². The molecule has 0 atom stereocenters. The number of aromatic nitrogens is 2. The van der Waals surface area contributed by atoms with Crippen molar-refractivity contribution in [3.05, 3.63) is 65.2 Å². The van der Waals surface area contributed by atoms with Crippen molar-refractivity contribution in [1.82, 2.24) is 14.5 Å². The second kappa shape index (κ2) is 7.80. The van der Waals surface area contributed by atoms with Crippen molar-refractivity contribution in [2.75, 3.05) is 44.7 Å². The Labute approximate surface area is 158 Å². The number of benzene rings is 2. The number of rotatable bonds is 5. The highest BCUT2D eigenvalue weighted by molar-refractivity contribution is 5.76. The Bertz CT molecular complexity index is 977. The van der Waals surface area contributed by atoms with Crippen LogP contribution in [-0.4, -0.2) is 54.3 Å². The first-order valence-electron chi connectivity index (χ1n) is 9.31. The van der Waals surface area contributed by atoms with Crippen LogP contribution in [-0.2, 0) is 6.54 Å². The van der Waals surface area contributed by atoms with E-state index in [9.17, 15) is 4.79 Å². The van der Waals surface area contributed by atoms with Gasteiger partial charge in [0.25, 0.3) is 5.56 Å². The number of hydrogen-bond donors (Lipinski definition) is 0. The molecule has 6 heteroatoms. The summed E-state index contributed by atoms with van der Waals surface area (Å²) >= 11 is 0. The van der Waals surface area contributed by atoms with E-state index in [2.05, 4.69) is 20.9 Å². The number of fused-ring (bicyclic) bond motifs is 1. The zero-order valence-electron chi connectivity index (χ0n) is 15.5. The number of hydrogen-bond acceptors (Lipinski definition) is 5. The summed E-state index contributed by atoms with van der Waals surface area (Å²) < 4.78 is 7.20. The maximum Gasteiger partial charge on any atom is 0.261 e. The van der Waals surface area contributed by atoms with Crippen molar-refractivity contribution in [3.63, 3.8) is 0 Å². The minimum atomic E-state index is 0.0354. The van der Waals surface area contributed by atoms with E-state index < -0.39 is 0 Å². The number of piperazine rings is 1. The van der Waals surface area contributed by atoms with Gasteiger partial charge in [0, 0.05) is 39.3 Å². The molecule has 0 amide bonds. The van der Waals surface area contributed by atoms with E-state index in [4.69, 9.17) is 4.74 Å². The third-order valence-electron chi connectivity index (χ3n) is 5.19. The second-order valence-corrected chi connectivity index (χ2v) is 6.76. The average molecular weight is 364 g/mol. The van der Waals surface area contributed by atoms with Crippen LogP contribution in [0.15, 0.2) is 59.7 Å². The number of para-hydroxylation sites is 3. The lowest BCUT2D eigenvalue weighted by atomic mass is 10.2.